The highest BCUT2D eigenvalue weighted by Gasteiger charge is 2.21. The van der Waals surface area contributed by atoms with Crippen LogP contribution in [0, 0.1) is 5.41 Å². The molecule has 2 N–H and O–H groups in total. The summed E-state index contributed by atoms with van der Waals surface area (Å²) in [6, 6.07) is 18.3. The van der Waals surface area contributed by atoms with Crippen LogP contribution >= 0.6 is 0 Å². The normalized spacial score (nSPS) is 13.0. The first-order valence-corrected chi connectivity index (χ1v) is 6.99. The van der Waals surface area contributed by atoms with Gasteiger partial charge in [0.2, 0.25) is 0 Å². The molecule has 2 aromatic carbocycles. The molecule has 0 aliphatic rings. The zero-order chi connectivity index (χ0) is 14.6. The molecule has 0 unspecified atom stereocenters. The van der Waals surface area contributed by atoms with E-state index in [-0.39, 0.29) is 11.5 Å². The molecule has 0 fully saturated rings. The summed E-state index contributed by atoms with van der Waals surface area (Å²) in [4.78, 5) is 0. The maximum Gasteiger partial charge on any atom is 0.119 e. The van der Waals surface area contributed by atoms with Crippen LogP contribution in [0.2, 0.25) is 0 Å². The minimum Gasteiger partial charge on any atom is -0.489 e. The maximum absolute atomic E-state index is 6.25. The van der Waals surface area contributed by atoms with Gasteiger partial charge in [0.15, 0.2) is 0 Å². The second kappa shape index (κ2) is 6.10. The summed E-state index contributed by atoms with van der Waals surface area (Å²) in [5.74, 6) is 0.874. The van der Waals surface area contributed by atoms with Crippen molar-refractivity contribution in [2.75, 3.05) is 0 Å². The van der Waals surface area contributed by atoms with Gasteiger partial charge in [-0.3, -0.25) is 0 Å². The molecule has 0 saturated heterocycles. The monoisotopic (exact) mass is 269 g/mol. The van der Waals surface area contributed by atoms with Crippen LogP contribution in [-0.4, -0.2) is 0 Å². The molecule has 20 heavy (non-hydrogen) atoms. The van der Waals surface area contributed by atoms with E-state index in [0.717, 1.165) is 11.3 Å². The van der Waals surface area contributed by atoms with E-state index in [4.69, 9.17) is 10.5 Å². The minimum absolute atomic E-state index is 0.0330. The smallest absolute Gasteiger partial charge is 0.119 e. The first kappa shape index (κ1) is 14.6. The fraction of sp³-hybridized carbons (Fsp3) is 0.333. The molecule has 0 aliphatic heterocycles. The van der Waals surface area contributed by atoms with Crippen molar-refractivity contribution in [3.8, 4) is 5.75 Å². The van der Waals surface area contributed by atoms with Crippen molar-refractivity contribution in [2.45, 2.75) is 33.4 Å². The van der Waals surface area contributed by atoms with Crippen LogP contribution in [-0.2, 0) is 6.61 Å². The first-order valence-electron chi connectivity index (χ1n) is 6.99. The molecule has 2 aromatic rings. The van der Waals surface area contributed by atoms with Gasteiger partial charge in [-0.1, -0.05) is 63.2 Å². The Kier molecular flexibility index (Phi) is 4.46. The van der Waals surface area contributed by atoms with E-state index in [0.29, 0.717) is 6.61 Å². The first-order chi connectivity index (χ1) is 9.47. The predicted molar refractivity (Wildman–Crippen MR) is 83.6 cm³/mol. The molecule has 0 saturated carbocycles. The average molecular weight is 269 g/mol. The van der Waals surface area contributed by atoms with Crippen LogP contribution in [0.3, 0.4) is 0 Å². The van der Waals surface area contributed by atoms with Gasteiger partial charge < -0.3 is 10.5 Å². The van der Waals surface area contributed by atoms with Crippen LogP contribution in [0.4, 0.5) is 0 Å². The van der Waals surface area contributed by atoms with Crippen molar-refractivity contribution in [3.63, 3.8) is 0 Å². The third-order valence-corrected chi connectivity index (χ3v) is 3.42. The number of hydrogen-bond acceptors (Lipinski definition) is 2. The van der Waals surface area contributed by atoms with E-state index in [1.165, 1.54) is 5.56 Å². The van der Waals surface area contributed by atoms with Crippen molar-refractivity contribution < 1.29 is 4.74 Å². The second-order valence-electron chi connectivity index (χ2n) is 6.19. The fourth-order valence-electron chi connectivity index (χ4n) is 2.01. The number of rotatable bonds is 4. The maximum atomic E-state index is 6.25. The quantitative estimate of drug-likeness (QED) is 0.897. The van der Waals surface area contributed by atoms with Gasteiger partial charge in [-0.05, 0) is 28.7 Å². The Morgan fingerprint density at radius 1 is 0.950 bits per heavy atom. The zero-order valence-electron chi connectivity index (χ0n) is 12.5. The number of benzene rings is 2. The standard InChI is InChI=1S/C18H23NO/c1-18(2,3)17(19)15-9-11-16(12-10-15)20-13-14-7-5-4-6-8-14/h4-12,17H,13,19H2,1-3H3/t17-/m0/s1. The van der Waals surface area contributed by atoms with Gasteiger partial charge in [0.05, 0.1) is 0 Å². The van der Waals surface area contributed by atoms with Gasteiger partial charge in [-0.15, -0.1) is 0 Å². The lowest BCUT2D eigenvalue weighted by Gasteiger charge is -2.27. The fourth-order valence-corrected chi connectivity index (χ4v) is 2.01. The van der Waals surface area contributed by atoms with Crippen LogP contribution in [0.25, 0.3) is 0 Å². The highest BCUT2D eigenvalue weighted by molar-refractivity contribution is 5.30. The number of nitrogens with two attached hydrogens (primary N) is 1. The Morgan fingerprint density at radius 2 is 1.55 bits per heavy atom. The third kappa shape index (κ3) is 3.84. The third-order valence-electron chi connectivity index (χ3n) is 3.42. The van der Waals surface area contributed by atoms with Crippen LogP contribution in [0.1, 0.15) is 37.9 Å². The average Bonchev–Trinajstić information content (AvgIpc) is 2.45. The Morgan fingerprint density at radius 3 is 2.10 bits per heavy atom. The lowest BCUT2D eigenvalue weighted by atomic mass is 9.83. The van der Waals surface area contributed by atoms with Gasteiger partial charge in [-0.25, -0.2) is 0 Å². The lowest BCUT2D eigenvalue weighted by molar-refractivity contribution is 0.304. The van der Waals surface area contributed by atoms with Crippen molar-refractivity contribution in [1.29, 1.82) is 0 Å². The van der Waals surface area contributed by atoms with Crippen molar-refractivity contribution in [1.82, 2.24) is 0 Å². The Balaban J connectivity index is 1.98. The Hall–Kier alpha value is -1.80. The summed E-state index contributed by atoms with van der Waals surface area (Å²) in [5.41, 5.74) is 8.62. The molecule has 1 atom stereocenters. The molecule has 0 spiro atoms. The van der Waals surface area contributed by atoms with E-state index in [2.05, 4.69) is 45.0 Å². The molecule has 106 valence electrons. The summed E-state index contributed by atoms with van der Waals surface area (Å²) in [6.07, 6.45) is 0. The van der Waals surface area contributed by atoms with Gasteiger partial charge >= 0.3 is 0 Å². The zero-order valence-corrected chi connectivity index (χ0v) is 12.5. The van der Waals surface area contributed by atoms with E-state index in [9.17, 15) is 0 Å². The molecular weight excluding hydrogens is 246 g/mol. The summed E-state index contributed by atoms with van der Waals surface area (Å²) in [5, 5.41) is 0. The second-order valence-corrected chi connectivity index (χ2v) is 6.19. The number of ether oxygens (including phenoxy) is 1. The van der Waals surface area contributed by atoms with Gasteiger partial charge in [0.1, 0.15) is 12.4 Å². The van der Waals surface area contributed by atoms with E-state index in [1.807, 2.05) is 30.3 Å². The highest BCUT2D eigenvalue weighted by Crippen LogP contribution is 2.31. The molecule has 0 radical (unpaired) electrons. The van der Waals surface area contributed by atoms with Gasteiger partial charge in [0.25, 0.3) is 0 Å². The molecule has 0 amide bonds. The lowest BCUT2D eigenvalue weighted by Crippen LogP contribution is -2.26. The summed E-state index contributed by atoms with van der Waals surface area (Å²) in [7, 11) is 0. The van der Waals surface area contributed by atoms with Crippen LogP contribution < -0.4 is 10.5 Å². The molecule has 2 nitrogen and oxygen atoms in total. The van der Waals surface area contributed by atoms with Crippen LogP contribution in [0.15, 0.2) is 54.6 Å². The predicted octanol–water partition coefficient (Wildman–Crippen LogP) is 4.31. The highest BCUT2D eigenvalue weighted by atomic mass is 16.5. The van der Waals surface area contributed by atoms with Crippen molar-refractivity contribution >= 4 is 0 Å². The molecule has 0 heterocycles. The SMILES string of the molecule is CC(C)(C)[C@@H](N)c1ccc(OCc2ccccc2)cc1. The molecule has 2 rings (SSSR count). The van der Waals surface area contributed by atoms with Gasteiger partial charge in [-0.2, -0.15) is 0 Å². The molecule has 0 aromatic heterocycles. The number of hydrogen-bond donors (Lipinski definition) is 1. The molecule has 0 aliphatic carbocycles. The van der Waals surface area contributed by atoms with E-state index >= 15 is 0 Å². The Bertz CT molecular complexity index is 526. The largest absolute Gasteiger partial charge is 0.489 e. The summed E-state index contributed by atoms with van der Waals surface area (Å²) in [6.45, 7) is 7.04. The van der Waals surface area contributed by atoms with E-state index < -0.39 is 0 Å². The summed E-state index contributed by atoms with van der Waals surface area (Å²) < 4.78 is 5.77. The molecule has 0 bridgehead atoms. The van der Waals surface area contributed by atoms with Gasteiger partial charge in [0, 0.05) is 6.04 Å². The Labute approximate surface area is 121 Å². The van der Waals surface area contributed by atoms with Crippen LogP contribution in [0.5, 0.6) is 5.75 Å². The topological polar surface area (TPSA) is 35.2 Å². The van der Waals surface area contributed by atoms with E-state index in [1.54, 1.807) is 0 Å². The molecule has 2 heteroatoms. The molecular formula is C18H23NO. The van der Waals surface area contributed by atoms with Crippen molar-refractivity contribution in [3.05, 3.63) is 65.7 Å². The van der Waals surface area contributed by atoms with Crippen molar-refractivity contribution in [2.24, 2.45) is 11.1 Å². The minimum atomic E-state index is 0.0330. The summed E-state index contributed by atoms with van der Waals surface area (Å²) >= 11 is 0.